The molecule has 0 atom stereocenters. The molecule has 2 aromatic heterocycles. The molecule has 6 aromatic rings. The van der Waals surface area contributed by atoms with Crippen molar-refractivity contribution in [3.8, 4) is 0 Å². The fraction of sp³-hybridized carbons (Fsp3) is 0.446. The summed E-state index contributed by atoms with van der Waals surface area (Å²) < 4.78 is 14.8. The van der Waals surface area contributed by atoms with Gasteiger partial charge < -0.3 is 4.42 Å². The molecule has 6 heteroatoms. The molecular weight excluding hydrogens is 759 g/mol. The van der Waals surface area contributed by atoms with Gasteiger partial charge in [-0.15, -0.1) is 0 Å². The van der Waals surface area contributed by atoms with Gasteiger partial charge in [-0.05, 0) is 95.4 Å². The van der Waals surface area contributed by atoms with Crippen LogP contribution in [-0.4, -0.2) is 57.0 Å². The zero-order valence-corrected chi connectivity index (χ0v) is 41.3. The van der Waals surface area contributed by atoms with Crippen LogP contribution in [0.4, 0.5) is 17.2 Å². The average molecular weight is 834 g/mol. The Labute approximate surface area is 373 Å². The van der Waals surface area contributed by atoms with E-state index in [1.807, 2.05) is 37.5 Å². The molecule has 0 spiro atoms. The lowest BCUT2D eigenvalue weighted by Gasteiger charge is -2.21. The SMILES string of the molecule is CC(C)C1=[N+](C)c2ccc3ccccc3c2C1(C)C.CC(C)C1=[N+](C)c2ccccc2C1(C)C.CC(C)C1=[N+](C)c2ncccc2C1(C)C.CC(C)c1oc2ccccc2[n+]1C. The normalized spacial score (nSPS) is 16.7. The summed E-state index contributed by atoms with van der Waals surface area (Å²) in [5, 5.41) is 2.74. The van der Waals surface area contributed by atoms with Crippen LogP contribution in [0.3, 0.4) is 0 Å². The Hall–Kier alpha value is -5.23. The molecule has 62 heavy (non-hydrogen) atoms. The second-order valence-electron chi connectivity index (χ2n) is 20.4. The van der Waals surface area contributed by atoms with Crippen molar-refractivity contribution in [3.05, 3.63) is 126 Å². The van der Waals surface area contributed by atoms with E-state index >= 15 is 0 Å². The number of benzene rings is 4. The number of aromatic nitrogens is 2. The Balaban J connectivity index is 0.000000139. The second kappa shape index (κ2) is 17.5. The Morgan fingerprint density at radius 1 is 0.484 bits per heavy atom. The summed E-state index contributed by atoms with van der Waals surface area (Å²) in [7, 11) is 8.55. The zero-order chi connectivity index (χ0) is 45.6. The minimum Gasteiger partial charge on any atom is -0.401 e. The third-order valence-electron chi connectivity index (χ3n) is 13.5. The molecule has 4 aromatic carbocycles. The van der Waals surface area contributed by atoms with Crippen LogP contribution < -0.4 is 4.57 Å². The number of hydrogen-bond acceptors (Lipinski definition) is 2. The van der Waals surface area contributed by atoms with Gasteiger partial charge in [-0.1, -0.05) is 96.1 Å². The van der Waals surface area contributed by atoms with E-state index in [1.54, 1.807) is 0 Å². The average Bonchev–Trinajstić information content (AvgIpc) is 3.81. The summed E-state index contributed by atoms with van der Waals surface area (Å²) >= 11 is 0. The quantitative estimate of drug-likeness (QED) is 0.166. The predicted octanol–water partition coefficient (Wildman–Crippen LogP) is 13.0. The minimum absolute atomic E-state index is 0.110. The van der Waals surface area contributed by atoms with E-state index in [4.69, 9.17) is 4.42 Å². The minimum atomic E-state index is 0.110. The van der Waals surface area contributed by atoms with E-state index < -0.39 is 0 Å². The number of aryl methyl sites for hydroxylation is 1. The van der Waals surface area contributed by atoms with E-state index in [9.17, 15) is 0 Å². The molecule has 6 nitrogen and oxygen atoms in total. The van der Waals surface area contributed by atoms with Crippen molar-refractivity contribution in [1.82, 2.24) is 4.98 Å². The van der Waals surface area contributed by atoms with Gasteiger partial charge >= 0.3 is 11.7 Å². The standard InChI is InChI=1S/C18H22N.C14H20N.C13H19N2.C11H14NO/c1-12(2)17-18(3,4)16-14-9-7-6-8-13(14)10-11-15(16)19(17)5;1-10(2)13-14(3,4)11-8-6-7-9-12(11)15(13)5;1-9(2)11-13(3,4)10-7-6-8-14-12(10)15(11)5;1-8(2)11-12(3)9-6-4-5-7-10(9)13-11/h6-12H,1-5H3;6-10H,1-5H3;6-9H,1-5H3;4-8H,1-3H3/q4*+1. The topological polar surface area (TPSA) is 38.9 Å². The van der Waals surface area contributed by atoms with Crippen LogP contribution in [0.25, 0.3) is 21.9 Å². The first-order valence-electron chi connectivity index (χ1n) is 22.8. The van der Waals surface area contributed by atoms with Gasteiger partial charge in [0.15, 0.2) is 11.4 Å². The lowest BCUT2D eigenvalue weighted by molar-refractivity contribution is -0.659. The smallest absolute Gasteiger partial charge is 0.350 e. The van der Waals surface area contributed by atoms with Gasteiger partial charge in [0.05, 0.1) is 40.5 Å². The van der Waals surface area contributed by atoms with Crippen molar-refractivity contribution in [3.63, 3.8) is 0 Å². The fourth-order valence-electron chi connectivity index (χ4n) is 11.6. The third kappa shape index (κ3) is 8.11. The highest BCUT2D eigenvalue weighted by molar-refractivity contribution is 6.03. The van der Waals surface area contributed by atoms with Gasteiger partial charge in [-0.2, -0.15) is 4.57 Å². The van der Waals surface area contributed by atoms with E-state index in [1.165, 1.54) is 56.0 Å². The van der Waals surface area contributed by atoms with Crippen molar-refractivity contribution >= 4 is 56.2 Å². The molecule has 0 N–H and O–H groups in total. The van der Waals surface area contributed by atoms with Crippen LogP contribution >= 0.6 is 0 Å². The predicted molar refractivity (Wildman–Crippen MR) is 262 cm³/mol. The third-order valence-corrected chi connectivity index (χ3v) is 13.5. The van der Waals surface area contributed by atoms with Crippen LogP contribution in [0.5, 0.6) is 0 Å². The fourth-order valence-corrected chi connectivity index (χ4v) is 11.6. The molecule has 0 saturated heterocycles. The molecule has 326 valence electrons. The summed E-state index contributed by atoms with van der Waals surface area (Å²) in [5.74, 6) is 4.28. The maximum absolute atomic E-state index is 5.72. The molecule has 0 bridgehead atoms. The number of fused-ring (bicyclic) bond motifs is 6. The number of pyridine rings is 1. The molecular formula is C56H75N5O+4. The summed E-state index contributed by atoms with van der Waals surface area (Å²) in [6.07, 6.45) is 1.87. The number of para-hydroxylation sites is 3. The lowest BCUT2D eigenvalue weighted by atomic mass is 9.76. The second-order valence-corrected chi connectivity index (χ2v) is 20.4. The molecule has 9 rings (SSSR count). The van der Waals surface area contributed by atoms with Crippen LogP contribution in [0.15, 0.2) is 108 Å². The molecule has 3 aliphatic rings. The van der Waals surface area contributed by atoms with E-state index in [2.05, 4.69) is 214 Å². The largest absolute Gasteiger partial charge is 0.401 e. The van der Waals surface area contributed by atoms with E-state index in [0.717, 1.165) is 22.8 Å². The molecule has 0 saturated carbocycles. The highest BCUT2D eigenvalue weighted by atomic mass is 16.4. The Morgan fingerprint density at radius 2 is 1.00 bits per heavy atom. The zero-order valence-electron chi connectivity index (χ0n) is 41.3. The van der Waals surface area contributed by atoms with Crippen LogP contribution in [-0.2, 0) is 23.3 Å². The monoisotopic (exact) mass is 834 g/mol. The number of hydrogen-bond donors (Lipinski definition) is 0. The maximum Gasteiger partial charge on any atom is 0.350 e. The first kappa shape index (κ1) is 46.3. The van der Waals surface area contributed by atoms with Gasteiger partial charge in [0, 0.05) is 47.1 Å². The van der Waals surface area contributed by atoms with Crippen molar-refractivity contribution in [2.45, 2.75) is 119 Å². The van der Waals surface area contributed by atoms with Crippen molar-refractivity contribution in [2.75, 3.05) is 21.1 Å². The van der Waals surface area contributed by atoms with Gasteiger partial charge in [0.25, 0.3) is 5.52 Å². The highest BCUT2D eigenvalue weighted by Gasteiger charge is 2.47. The van der Waals surface area contributed by atoms with Gasteiger partial charge in [0.2, 0.25) is 17.0 Å². The maximum atomic E-state index is 5.72. The highest BCUT2D eigenvalue weighted by Crippen LogP contribution is 2.45. The number of rotatable bonds is 4. The van der Waals surface area contributed by atoms with Gasteiger partial charge in [0.1, 0.15) is 27.3 Å². The van der Waals surface area contributed by atoms with Crippen molar-refractivity contribution < 1.29 is 22.7 Å². The van der Waals surface area contributed by atoms with Crippen LogP contribution in [0.2, 0.25) is 0 Å². The number of oxazole rings is 1. The summed E-state index contributed by atoms with van der Waals surface area (Å²) in [4.78, 5) is 4.47. The molecule has 0 radical (unpaired) electrons. The first-order valence-corrected chi connectivity index (χ1v) is 22.8. The summed E-state index contributed by atoms with van der Waals surface area (Å²) in [5.41, 5.74) is 14.0. The molecule has 0 aliphatic carbocycles. The van der Waals surface area contributed by atoms with Crippen LogP contribution in [0, 0.1) is 17.8 Å². The van der Waals surface area contributed by atoms with E-state index in [-0.39, 0.29) is 16.2 Å². The molecule has 5 heterocycles. The Kier molecular flexibility index (Phi) is 13.1. The summed E-state index contributed by atoms with van der Waals surface area (Å²) in [6, 6.07) is 34.3. The molecule has 3 aliphatic heterocycles. The van der Waals surface area contributed by atoms with E-state index in [0.29, 0.717) is 23.7 Å². The van der Waals surface area contributed by atoms with Gasteiger partial charge in [-0.3, -0.25) is 0 Å². The molecule has 0 fully saturated rings. The lowest BCUT2D eigenvalue weighted by Crippen LogP contribution is -2.32. The number of nitrogens with zero attached hydrogens (tertiary/aromatic N) is 5. The molecule has 0 amide bonds. The molecule has 0 unspecified atom stereocenters. The van der Waals surface area contributed by atoms with Crippen molar-refractivity contribution in [2.24, 2.45) is 24.8 Å². The Bertz CT molecular complexity index is 2630. The Morgan fingerprint density at radius 3 is 1.60 bits per heavy atom. The first-order chi connectivity index (χ1) is 29.1. The van der Waals surface area contributed by atoms with Crippen LogP contribution in [0.1, 0.15) is 125 Å². The van der Waals surface area contributed by atoms with Crippen molar-refractivity contribution in [1.29, 1.82) is 0 Å². The van der Waals surface area contributed by atoms with Gasteiger partial charge in [-0.25, -0.2) is 13.7 Å². The summed E-state index contributed by atoms with van der Waals surface area (Å²) in [6.45, 7) is 31.8.